The van der Waals surface area contributed by atoms with Gasteiger partial charge in [-0.05, 0) is 11.1 Å². The molecule has 0 saturated carbocycles. The first-order valence-corrected chi connectivity index (χ1v) is 8.40. The number of hydrogen-bond acceptors (Lipinski definition) is 5. The van der Waals surface area contributed by atoms with E-state index in [1.165, 1.54) is 0 Å². The van der Waals surface area contributed by atoms with E-state index in [0.717, 1.165) is 5.56 Å². The summed E-state index contributed by atoms with van der Waals surface area (Å²) in [6.45, 7) is 0.240. The van der Waals surface area contributed by atoms with E-state index in [4.69, 9.17) is 15.0 Å². The molecule has 2 aromatic carbocycles. The average Bonchev–Trinajstić information content (AvgIpc) is 2.53. The quantitative estimate of drug-likeness (QED) is 0.636. The summed E-state index contributed by atoms with van der Waals surface area (Å²) >= 11 is 0. The molecule has 23 heavy (non-hydrogen) atoms. The lowest BCUT2D eigenvalue weighted by molar-refractivity contribution is -0.143. The van der Waals surface area contributed by atoms with Crippen LogP contribution >= 0.6 is 0 Å². The molecule has 124 valence electrons. The number of carbonyl (C=O) groups excluding carboxylic acids is 1. The SMILES string of the molecule is NCC(=O)OCc1ccccc1.O=S(=O)(O)Cc1ccccc1. The van der Waals surface area contributed by atoms with Crippen molar-refractivity contribution in [3.8, 4) is 0 Å². The van der Waals surface area contributed by atoms with Crippen LogP contribution in [0, 0.1) is 0 Å². The molecule has 0 bridgehead atoms. The minimum atomic E-state index is -3.88. The number of rotatable bonds is 5. The second-order valence-electron chi connectivity index (χ2n) is 4.56. The van der Waals surface area contributed by atoms with Gasteiger partial charge in [-0.15, -0.1) is 0 Å². The van der Waals surface area contributed by atoms with Crippen molar-refractivity contribution in [2.75, 3.05) is 6.54 Å². The van der Waals surface area contributed by atoms with Crippen LogP contribution in [0.25, 0.3) is 0 Å². The molecule has 6 nitrogen and oxygen atoms in total. The molecule has 2 rings (SSSR count). The van der Waals surface area contributed by atoms with Gasteiger partial charge < -0.3 is 10.5 Å². The summed E-state index contributed by atoms with van der Waals surface area (Å²) in [4.78, 5) is 10.6. The first-order valence-electron chi connectivity index (χ1n) is 6.79. The summed E-state index contributed by atoms with van der Waals surface area (Å²) < 4.78 is 34.0. The van der Waals surface area contributed by atoms with E-state index < -0.39 is 10.1 Å². The summed E-state index contributed by atoms with van der Waals surface area (Å²) in [5, 5.41) is 0. The topological polar surface area (TPSA) is 107 Å². The van der Waals surface area contributed by atoms with Crippen molar-refractivity contribution in [1.82, 2.24) is 0 Å². The molecule has 0 amide bonds. The Kier molecular flexibility index (Phi) is 7.96. The van der Waals surface area contributed by atoms with Crippen LogP contribution in [0.15, 0.2) is 60.7 Å². The lowest BCUT2D eigenvalue weighted by atomic mass is 10.2. The Labute approximate surface area is 135 Å². The monoisotopic (exact) mass is 337 g/mol. The molecule has 0 aliphatic heterocycles. The first kappa shape index (κ1) is 18.8. The largest absolute Gasteiger partial charge is 0.460 e. The molecule has 0 saturated heterocycles. The van der Waals surface area contributed by atoms with Crippen molar-refractivity contribution in [1.29, 1.82) is 0 Å². The standard InChI is InChI=1S/C9H11NO2.C7H8O3S/c10-6-9(11)12-7-8-4-2-1-3-5-8;8-11(9,10)6-7-4-2-1-3-5-7/h1-5H,6-7,10H2;1-5H,6H2,(H,8,9,10). The predicted molar refractivity (Wildman–Crippen MR) is 87.0 cm³/mol. The maximum atomic E-state index is 10.6. The van der Waals surface area contributed by atoms with Gasteiger partial charge in [0.15, 0.2) is 0 Å². The van der Waals surface area contributed by atoms with E-state index in [1.54, 1.807) is 30.3 Å². The highest BCUT2D eigenvalue weighted by molar-refractivity contribution is 7.85. The Balaban J connectivity index is 0.000000231. The number of benzene rings is 2. The molecule has 3 N–H and O–H groups in total. The Bertz CT molecular complexity index is 687. The molecule has 0 unspecified atom stereocenters. The Morgan fingerprint density at radius 2 is 1.43 bits per heavy atom. The summed E-state index contributed by atoms with van der Waals surface area (Å²) in [6, 6.07) is 18.0. The maximum Gasteiger partial charge on any atom is 0.320 e. The van der Waals surface area contributed by atoms with E-state index in [-0.39, 0.29) is 18.3 Å². The zero-order valence-corrected chi connectivity index (χ0v) is 13.3. The number of ether oxygens (including phenoxy) is 1. The van der Waals surface area contributed by atoms with Crippen LogP contribution in [0.5, 0.6) is 0 Å². The Morgan fingerprint density at radius 3 is 1.87 bits per heavy atom. The van der Waals surface area contributed by atoms with Gasteiger partial charge in [0.2, 0.25) is 0 Å². The van der Waals surface area contributed by atoms with E-state index in [2.05, 4.69) is 0 Å². The third kappa shape index (κ3) is 9.41. The first-order chi connectivity index (χ1) is 10.9. The molecule has 0 atom stereocenters. The minimum Gasteiger partial charge on any atom is -0.460 e. The van der Waals surface area contributed by atoms with Gasteiger partial charge in [0.25, 0.3) is 10.1 Å². The third-order valence-electron chi connectivity index (χ3n) is 2.60. The number of carbonyl (C=O) groups is 1. The van der Waals surface area contributed by atoms with Crippen molar-refractivity contribution in [2.45, 2.75) is 12.4 Å². The second kappa shape index (κ2) is 9.73. The maximum absolute atomic E-state index is 10.6. The van der Waals surface area contributed by atoms with Gasteiger partial charge in [-0.25, -0.2) is 0 Å². The molecular weight excluding hydrogens is 318 g/mol. The smallest absolute Gasteiger partial charge is 0.320 e. The predicted octanol–water partition coefficient (Wildman–Crippen LogP) is 1.76. The fourth-order valence-electron chi connectivity index (χ4n) is 1.58. The van der Waals surface area contributed by atoms with E-state index in [9.17, 15) is 13.2 Å². The fraction of sp³-hybridized carbons (Fsp3) is 0.188. The zero-order valence-electron chi connectivity index (χ0n) is 12.5. The Morgan fingerprint density at radius 1 is 0.957 bits per heavy atom. The normalized spacial score (nSPS) is 10.3. The summed E-state index contributed by atoms with van der Waals surface area (Å²) in [5.41, 5.74) is 6.63. The fourth-order valence-corrected chi connectivity index (χ4v) is 2.20. The molecular formula is C16H19NO5S. The van der Waals surface area contributed by atoms with Crippen molar-refractivity contribution in [3.05, 3.63) is 71.8 Å². The highest BCUT2D eigenvalue weighted by Gasteiger charge is 2.04. The Hall–Kier alpha value is -2.22. The van der Waals surface area contributed by atoms with E-state index >= 15 is 0 Å². The van der Waals surface area contributed by atoms with Crippen LogP contribution in [0.1, 0.15) is 11.1 Å². The molecule has 0 heterocycles. The highest BCUT2D eigenvalue weighted by atomic mass is 32.2. The second-order valence-corrected chi connectivity index (χ2v) is 6.01. The average molecular weight is 337 g/mol. The van der Waals surface area contributed by atoms with E-state index in [0.29, 0.717) is 12.2 Å². The van der Waals surface area contributed by atoms with Crippen LogP contribution in [0.4, 0.5) is 0 Å². The van der Waals surface area contributed by atoms with Gasteiger partial charge in [0, 0.05) is 0 Å². The molecule has 0 radical (unpaired) electrons. The van der Waals surface area contributed by atoms with E-state index in [1.807, 2.05) is 30.3 Å². The number of hydrogen-bond donors (Lipinski definition) is 2. The summed E-state index contributed by atoms with van der Waals surface area (Å²) in [6.07, 6.45) is 0. The van der Waals surface area contributed by atoms with Crippen LogP contribution in [0.2, 0.25) is 0 Å². The number of esters is 1. The van der Waals surface area contributed by atoms with Crippen LogP contribution in [0.3, 0.4) is 0 Å². The molecule has 0 aromatic heterocycles. The van der Waals surface area contributed by atoms with Gasteiger partial charge in [-0.2, -0.15) is 8.42 Å². The molecule has 0 fully saturated rings. The van der Waals surface area contributed by atoms with Crippen LogP contribution in [-0.4, -0.2) is 25.5 Å². The van der Waals surface area contributed by atoms with Gasteiger partial charge in [-0.1, -0.05) is 60.7 Å². The molecule has 0 aliphatic rings. The third-order valence-corrected chi connectivity index (χ3v) is 3.30. The van der Waals surface area contributed by atoms with Gasteiger partial charge in [-0.3, -0.25) is 9.35 Å². The molecule has 0 spiro atoms. The summed E-state index contributed by atoms with van der Waals surface area (Å²) in [7, 11) is -3.88. The lowest BCUT2D eigenvalue weighted by Crippen LogP contribution is -2.16. The summed E-state index contributed by atoms with van der Waals surface area (Å²) in [5.74, 6) is -0.688. The molecule has 2 aromatic rings. The van der Waals surface area contributed by atoms with Gasteiger partial charge in [0.1, 0.15) is 12.4 Å². The zero-order chi connectivity index (χ0) is 17.1. The molecule has 0 aliphatic carbocycles. The van der Waals surface area contributed by atoms with Gasteiger partial charge >= 0.3 is 5.97 Å². The van der Waals surface area contributed by atoms with Crippen molar-refractivity contribution in [2.24, 2.45) is 5.73 Å². The van der Waals surface area contributed by atoms with Crippen molar-refractivity contribution in [3.63, 3.8) is 0 Å². The lowest BCUT2D eigenvalue weighted by Gasteiger charge is -2.01. The highest BCUT2D eigenvalue weighted by Crippen LogP contribution is 2.02. The van der Waals surface area contributed by atoms with Gasteiger partial charge in [0.05, 0.1) is 6.54 Å². The van der Waals surface area contributed by atoms with Crippen molar-refractivity contribution < 1.29 is 22.5 Å². The van der Waals surface area contributed by atoms with Crippen LogP contribution in [-0.2, 0) is 32.0 Å². The molecule has 7 heteroatoms. The number of nitrogens with two attached hydrogens (primary N) is 1. The van der Waals surface area contributed by atoms with Crippen LogP contribution < -0.4 is 5.73 Å². The minimum absolute atomic E-state index is 0.0627. The van der Waals surface area contributed by atoms with Crippen molar-refractivity contribution >= 4 is 16.1 Å².